The normalized spacial score (nSPS) is 12.7. The number of carbonyl (C=O) groups is 1. The van der Waals surface area contributed by atoms with E-state index in [1.54, 1.807) is 60.7 Å². The molecule has 3 rings (SSSR count). The lowest BCUT2D eigenvalue weighted by molar-refractivity contribution is -0.121. The Kier molecular flexibility index (Phi) is 9.99. The summed E-state index contributed by atoms with van der Waals surface area (Å²) in [5.41, 5.74) is 2.60. The summed E-state index contributed by atoms with van der Waals surface area (Å²) in [6.07, 6.45) is 1.02. The number of carbonyl (C=O) groups excluding carboxylic acids is 1. The highest BCUT2D eigenvalue weighted by Crippen LogP contribution is 2.21. The Hall–Kier alpha value is -3.05. The van der Waals surface area contributed by atoms with Crippen molar-refractivity contribution in [2.24, 2.45) is 0 Å². The van der Waals surface area contributed by atoms with Gasteiger partial charge in [-0.15, -0.1) is 0 Å². The standard InChI is InChI=1S/C27H33N3O5S2/c1-21-10-14-24(15-11-21)36(32,33)29-19-7-6-18-28-27(31)20-26(23-8-4-3-5-9-23)30-37(34,35)25-16-12-22(2)13-17-25/h3-5,8-17,26,29-30H,6-7,18-20H2,1-2H3,(H,28,31)/t26-/m0/s1. The Balaban J connectivity index is 1.50. The van der Waals surface area contributed by atoms with Crippen LogP contribution in [0.15, 0.2) is 88.7 Å². The van der Waals surface area contributed by atoms with Gasteiger partial charge in [0.1, 0.15) is 0 Å². The Labute approximate surface area is 219 Å². The zero-order chi connectivity index (χ0) is 26.9. The molecular formula is C27H33N3O5S2. The van der Waals surface area contributed by atoms with Gasteiger partial charge >= 0.3 is 0 Å². The smallest absolute Gasteiger partial charge is 0.241 e. The molecule has 0 aliphatic carbocycles. The summed E-state index contributed by atoms with van der Waals surface area (Å²) >= 11 is 0. The zero-order valence-corrected chi connectivity index (χ0v) is 22.6. The molecule has 0 aromatic heterocycles. The minimum atomic E-state index is -3.84. The molecule has 1 amide bonds. The van der Waals surface area contributed by atoms with Crippen LogP contribution in [0.1, 0.15) is 42.0 Å². The summed E-state index contributed by atoms with van der Waals surface area (Å²) in [6, 6.07) is 21.3. The number of amides is 1. The summed E-state index contributed by atoms with van der Waals surface area (Å²) in [5, 5.41) is 2.80. The van der Waals surface area contributed by atoms with E-state index in [9.17, 15) is 21.6 Å². The molecule has 37 heavy (non-hydrogen) atoms. The van der Waals surface area contributed by atoms with Crippen LogP contribution in [0.25, 0.3) is 0 Å². The van der Waals surface area contributed by atoms with Gasteiger partial charge < -0.3 is 5.32 Å². The number of hydrogen-bond acceptors (Lipinski definition) is 5. The summed E-state index contributed by atoms with van der Waals surface area (Å²) in [4.78, 5) is 13.0. The highest BCUT2D eigenvalue weighted by molar-refractivity contribution is 7.89. The third-order valence-electron chi connectivity index (χ3n) is 5.77. The average Bonchev–Trinajstić information content (AvgIpc) is 2.86. The Morgan fingerprint density at radius 1 is 0.703 bits per heavy atom. The van der Waals surface area contributed by atoms with Crippen LogP contribution in [0.2, 0.25) is 0 Å². The molecule has 0 unspecified atom stereocenters. The van der Waals surface area contributed by atoms with Crippen LogP contribution in [0.3, 0.4) is 0 Å². The monoisotopic (exact) mass is 543 g/mol. The van der Waals surface area contributed by atoms with E-state index >= 15 is 0 Å². The van der Waals surface area contributed by atoms with Gasteiger partial charge in [0.2, 0.25) is 26.0 Å². The fourth-order valence-electron chi connectivity index (χ4n) is 3.63. The molecule has 1 atom stereocenters. The Bertz CT molecular complexity index is 1370. The predicted octanol–water partition coefficient (Wildman–Crippen LogP) is 3.59. The quantitative estimate of drug-likeness (QED) is 0.285. The molecule has 10 heteroatoms. The molecule has 0 radical (unpaired) electrons. The molecule has 0 aliphatic rings. The van der Waals surface area contributed by atoms with Gasteiger partial charge in [0.15, 0.2) is 0 Å². The summed E-state index contributed by atoms with van der Waals surface area (Å²) < 4.78 is 55.8. The number of hydrogen-bond donors (Lipinski definition) is 3. The number of unbranched alkanes of at least 4 members (excludes halogenated alkanes) is 1. The molecule has 0 saturated heterocycles. The van der Waals surface area contributed by atoms with E-state index in [4.69, 9.17) is 0 Å². The third kappa shape index (κ3) is 8.78. The summed E-state index contributed by atoms with van der Waals surface area (Å²) in [6.45, 7) is 4.35. The second kappa shape index (κ2) is 13.0. The van der Waals surface area contributed by atoms with Crippen molar-refractivity contribution in [3.63, 3.8) is 0 Å². The lowest BCUT2D eigenvalue weighted by Gasteiger charge is -2.19. The van der Waals surface area contributed by atoms with Gasteiger partial charge in [0, 0.05) is 19.5 Å². The maximum absolute atomic E-state index is 12.9. The van der Waals surface area contributed by atoms with Gasteiger partial charge in [-0.1, -0.05) is 65.7 Å². The lowest BCUT2D eigenvalue weighted by Crippen LogP contribution is -2.34. The minimum absolute atomic E-state index is 0.0742. The van der Waals surface area contributed by atoms with E-state index in [0.29, 0.717) is 24.9 Å². The molecule has 0 heterocycles. The van der Waals surface area contributed by atoms with Crippen LogP contribution in [0.5, 0.6) is 0 Å². The number of aryl methyl sites for hydroxylation is 2. The third-order valence-corrected chi connectivity index (χ3v) is 8.73. The molecule has 8 nitrogen and oxygen atoms in total. The van der Waals surface area contributed by atoms with Crippen LogP contribution in [0, 0.1) is 13.8 Å². The van der Waals surface area contributed by atoms with Crippen LogP contribution < -0.4 is 14.8 Å². The summed E-state index contributed by atoms with van der Waals surface area (Å²) in [7, 11) is -7.41. The lowest BCUT2D eigenvalue weighted by atomic mass is 10.0. The first-order valence-corrected chi connectivity index (χ1v) is 15.0. The van der Waals surface area contributed by atoms with E-state index in [2.05, 4.69) is 14.8 Å². The fourth-order valence-corrected chi connectivity index (χ4v) is 5.93. The molecule has 3 N–H and O–H groups in total. The fraction of sp³-hybridized carbons (Fsp3) is 0.296. The van der Waals surface area contributed by atoms with Gasteiger partial charge in [-0.05, 0) is 56.5 Å². The first kappa shape index (κ1) is 28.5. The van der Waals surface area contributed by atoms with Crippen molar-refractivity contribution in [1.82, 2.24) is 14.8 Å². The molecule has 0 saturated carbocycles. The van der Waals surface area contributed by atoms with Crippen LogP contribution in [-0.4, -0.2) is 35.8 Å². The first-order chi connectivity index (χ1) is 17.6. The van der Waals surface area contributed by atoms with Gasteiger partial charge in [0.25, 0.3) is 0 Å². The van der Waals surface area contributed by atoms with E-state index < -0.39 is 26.1 Å². The second-order valence-corrected chi connectivity index (χ2v) is 12.4. The molecule has 3 aromatic rings. The average molecular weight is 544 g/mol. The van der Waals surface area contributed by atoms with Gasteiger partial charge in [-0.3, -0.25) is 4.79 Å². The Morgan fingerprint density at radius 3 is 1.78 bits per heavy atom. The van der Waals surface area contributed by atoms with Crippen molar-refractivity contribution < 1.29 is 21.6 Å². The van der Waals surface area contributed by atoms with Gasteiger partial charge in [-0.25, -0.2) is 26.3 Å². The number of rotatable bonds is 13. The SMILES string of the molecule is Cc1ccc(S(=O)(=O)NCCCCNC(=O)C[C@H](NS(=O)(=O)c2ccc(C)cc2)c2ccccc2)cc1. The predicted molar refractivity (Wildman–Crippen MR) is 144 cm³/mol. The highest BCUT2D eigenvalue weighted by atomic mass is 32.2. The van der Waals surface area contributed by atoms with Crippen molar-refractivity contribution in [1.29, 1.82) is 0 Å². The van der Waals surface area contributed by atoms with Crippen LogP contribution >= 0.6 is 0 Å². The molecule has 0 bridgehead atoms. The number of sulfonamides is 2. The first-order valence-electron chi connectivity index (χ1n) is 12.0. The largest absolute Gasteiger partial charge is 0.356 e. The molecule has 0 fully saturated rings. The number of nitrogens with one attached hydrogen (secondary N) is 3. The molecule has 198 valence electrons. The zero-order valence-electron chi connectivity index (χ0n) is 21.0. The van der Waals surface area contributed by atoms with Crippen LogP contribution in [-0.2, 0) is 24.8 Å². The van der Waals surface area contributed by atoms with Crippen molar-refractivity contribution in [2.75, 3.05) is 13.1 Å². The maximum Gasteiger partial charge on any atom is 0.241 e. The van der Waals surface area contributed by atoms with E-state index in [-0.39, 0.29) is 28.7 Å². The van der Waals surface area contributed by atoms with E-state index in [1.165, 1.54) is 12.1 Å². The summed E-state index contributed by atoms with van der Waals surface area (Å²) in [5.74, 6) is -0.305. The van der Waals surface area contributed by atoms with E-state index in [0.717, 1.165) is 11.1 Å². The number of benzene rings is 3. The minimum Gasteiger partial charge on any atom is -0.356 e. The van der Waals surface area contributed by atoms with Crippen molar-refractivity contribution >= 4 is 26.0 Å². The molecular weight excluding hydrogens is 510 g/mol. The highest BCUT2D eigenvalue weighted by Gasteiger charge is 2.23. The molecule has 0 spiro atoms. The molecule has 3 aromatic carbocycles. The van der Waals surface area contributed by atoms with Crippen molar-refractivity contribution in [3.05, 3.63) is 95.6 Å². The van der Waals surface area contributed by atoms with Crippen LogP contribution in [0.4, 0.5) is 0 Å². The molecule has 0 aliphatic heterocycles. The maximum atomic E-state index is 12.9. The van der Waals surface area contributed by atoms with Gasteiger partial charge in [0.05, 0.1) is 15.8 Å². The van der Waals surface area contributed by atoms with Crippen molar-refractivity contribution in [2.45, 2.75) is 48.9 Å². The second-order valence-electron chi connectivity index (χ2n) is 8.87. The van der Waals surface area contributed by atoms with Crippen molar-refractivity contribution in [3.8, 4) is 0 Å². The topological polar surface area (TPSA) is 121 Å². The van der Waals surface area contributed by atoms with E-state index in [1.807, 2.05) is 19.9 Å². The van der Waals surface area contributed by atoms with Gasteiger partial charge in [-0.2, -0.15) is 0 Å². The Morgan fingerprint density at radius 2 is 1.22 bits per heavy atom.